The molecule has 2 aromatic carbocycles. The molecule has 0 aliphatic heterocycles. The first-order valence-electron chi connectivity index (χ1n) is 6.78. The fraction of sp³-hybridized carbons (Fsp3) is 0.294. The zero-order valence-corrected chi connectivity index (χ0v) is 12.0. The van der Waals surface area contributed by atoms with Crippen LogP contribution in [0.15, 0.2) is 36.4 Å². The Morgan fingerprint density at radius 2 is 1.80 bits per heavy atom. The van der Waals surface area contributed by atoms with Crippen LogP contribution >= 0.6 is 0 Å². The van der Waals surface area contributed by atoms with Gasteiger partial charge >= 0.3 is 0 Å². The molecule has 0 amide bonds. The van der Waals surface area contributed by atoms with Crippen LogP contribution < -0.4 is 5.32 Å². The number of benzene rings is 2. The number of hydrogen-bond acceptors (Lipinski definition) is 1. The molecule has 0 saturated carbocycles. The van der Waals surface area contributed by atoms with Gasteiger partial charge in [0, 0.05) is 11.6 Å². The van der Waals surface area contributed by atoms with Gasteiger partial charge in [-0.05, 0) is 37.6 Å². The highest BCUT2D eigenvalue weighted by Crippen LogP contribution is 2.27. The minimum absolute atomic E-state index is 0.265. The maximum Gasteiger partial charge on any atom is 0.131 e. The van der Waals surface area contributed by atoms with E-state index < -0.39 is 11.6 Å². The number of halogens is 2. The van der Waals surface area contributed by atoms with Crippen LogP contribution in [-0.4, -0.2) is 6.54 Å². The third-order valence-corrected chi connectivity index (χ3v) is 3.37. The summed E-state index contributed by atoms with van der Waals surface area (Å²) in [5.41, 5.74) is 3.04. The maximum atomic E-state index is 14.1. The highest BCUT2D eigenvalue weighted by Gasteiger charge is 2.18. The largest absolute Gasteiger partial charge is 0.306 e. The van der Waals surface area contributed by atoms with E-state index in [1.807, 2.05) is 38.1 Å². The highest BCUT2D eigenvalue weighted by atomic mass is 19.1. The van der Waals surface area contributed by atoms with Gasteiger partial charge in [-0.15, -0.1) is 0 Å². The average molecular weight is 275 g/mol. The van der Waals surface area contributed by atoms with Gasteiger partial charge in [0.2, 0.25) is 0 Å². The van der Waals surface area contributed by atoms with E-state index in [9.17, 15) is 8.78 Å². The topological polar surface area (TPSA) is 12.0 Å². The normalized spacial score (nSPS) is 12.4. The van der Waals surface area contributed by atoms with Crippen LogP contribution in [0.2, 0.25) is 0 Å². The first-order chi connectivity index (χ1) is 9.52. The molecule has 2 rings (SSSR count). The Bertz CT molecular complexity index is 608. The van der Waals surface area contributed by atoms with Crippen LogP contribution in [0.4, 0.5) is 8.78 Å². The molecule has 0 spiro atoms. The molecule has 0 aliphatic carbocycles. The number of aryl methyl sites for hydroxylation is 2. The third-order valence-electron chi connectivity index (χ3n) is 3.37. The van der Waals surface area contributed by atoms with Gasteiger partial charge in [-0.1, -0.05) is 36.8 Å². The summed E-state index contributed by atoms with van der Waals surface area (Å²) < 4.78 is 27.5. The van der Waals surface area contributed by atoms with E-state index in [2.05, 4.69) is 5.32 Å². The third kappa shape index (κ3) is 3.05. The second kappa shape index (κ2) is 6.14. The molecule has 0 saturated heterocycles. The molecule has 2 aromatic rings. The molecule has 1 unspecified atom stereocenters. The number of nitrogens with one attached hydrogen (secondary N) is 1. The highest BCUT2D eigenvalue weighted by molar-refractivity contribution is 5.37. The summed E-state index contributed by atoms with van der Waals surface area (Å²) >= 11 is 0. The second-order valence-electron chi connectivity index (χ2n) is 5.03. The predicted molar refractivity (Wildman–Crippen MR) is 77.8 cm³/mol. The van der Waals surface area contributed by atoms with Crippen LogP contribution in [0.3, 0.4) is 0 Å². The lowest BCUT2D eigenvalue weighted by atomic mass is 9.95. The van der Waals surface area contributed by atoms with E-state index in [-0.39, 0.29) is 6.04 Å². The van der Waals surface area contributed by atoms with Crippen molar-refractivity contribution < 1.29 is 8.78 Å². The molecule has 0 aliphatic rings. The van der Waals surface area contributed by atoms with Gasteiger partial charge in [-0.25, -0.2) is 8.78 Å². The number of hydrogen-bond donors (Lipinski definition) is 1. The second-order valence-corrected chi connectivity index (χ2v) is 5.03. The molecule has 0 aromatic heterocycles. The SMILES string of the molecule is CCNC(c1cccc(C)c1)c1cc(C)c(F)cc1F. The van der Waals surface area contributed by atoms with Crippen molar-refractivity contribution in [1.82, 2.24) is 5.32 Å². The first kappa shape index (κ1) is 14.7. The molecule has 3 heteroatoms. The van der Waals surface area contributed by atoms with Crippen LogP contribution in [0.5, 0.6) is 0 Å². The quantitative estimate of drug-likeness (QED) is 0.878. The van der Waals surface area contributed by atoms with Gasteiger partial charge < -0.3 is 5.32 Å². The molecule has 0 fully saturated rings. The fourth-order valence-electron chi connectivity index (χ4n) is 2.36. The number of rotatable bonds is 4. The lowest BCUT2D eigenvalue weighted by Crippen LogP contribution is -2.23. The van der Waals surface area contributed by atoms with Crippen LogP contribution in [0, 0.1) is 25.5 Å². The Balaban J connectivity index is 2.51. The monoisotopic (exact) mass is 275 g/mol. The summed E-state index contributed by atoms with van der Waals surface area (Å²) in [6, 6.07) is 10.2. The molecule has 20 heavy (non-hydrogen) atoms. The Morgan fingerprint density at radius 3 is 2.45 bits per heavy atom. The summed E-state index contributed by atoms with van der Waals surface area (Å²) in [6.45, 7) is 6.32. The van der Waals surface area contributed by atoms with Crippen LogP contribution in [0.1, 0.15) is 35.2 Å². The van der Waals surface area contributed by atoms with E-state index in [4.69, 9.17) is 0 Å². The molecular formula is C17H19F2N. The molecule has 0 radical (unpaired) electrons. The smallest absolute Gasteiger partial charge is 0.131 e. The predicted octanol–water partition coefficient (Wildman–Crippen LogP) is 4.28. The zero-order chi connectivity index (χ0) is 14.7. The summed E-state index contributed by atoms with van der Waals surface area (Å²) in [7, 11) is 0. The van der Waals surface area contributed by atoms with Gasteiger partial charge in [-0.3, -0.25) is 0 Å². The molecule has 1 nitrogen and oxygen atoms in total. The van der Waals surface area contributed by atoms with Gasteiger partial charge in [0.25, 0.3) is 0 Å². The Hall–Kier alpha value is -1.74. The molecule has 106 valence electrons. The summed E-state index contributed by atoms with van der Waals surface area (Å²) in [5.74, 6) is -1.02. The van der Waals surface area contributed by atoms with Gasteiger partial charge in [0.05, 0.1) is 6.04 Å². The standard InChI is InChI=1S/C17H19F2N/c1-4-20-17(13-7-5-6-11(2)8-13)14-9-12(3)15(18)10-16(14)19/h5-10,17,20H,4H2,1-3H3. The summed E-state index contributed by atoms with van der Waals surface area (Å²) in [6.07, 6.45) is 0. The van der Waals surface area contributed by atoms with Crippen LogP contribution in [-0.2, 0) is 0 Å². The van der Waals surface area contributed by atoms with E-state index in [0.29, 0.717) is 17.7 Å². The van der Waals surface area contributed by atoms with Gasteiger partial charge in [0.1, 0.15) is 11.6 Å². The molecular weight excluding hydrogens is 256 g/mol. The van der Waals surface area contributed by atoms with Crippen molar-refractivity contribution in [2.45, 2.75) is 26.8 Å². The fourth-order valence-corrected chi connectivity index (χ4v) is 2.36. The van der Waals surface area contributed by atoms with E-state index >= 15 is 0 Å². The van der Waals surface area contributed by atoms with Crippen molar-refractivity contribution in [1.29, 1.82) is 0 Å². The van der Waals surface area contributed by atoms with E-state index in [0.717, 1.165) is 17.2 Å². The minimum Gasteiger partial charge on any atom is -0.306 e. The lowest BCUT2D eigenvalue weighted by molar-refractivity contribution is 0.537. The Labute approximate surface area is 118 Å². The molecule has 0 heterocycles. The first-order valence-corrected chi connectivity index (χ1v) is 6.78. The van der Waals surface area contributed by atoms with Crippen molar-refractivity contribution in [3.05, 3.63) is 70.3 Å². The van der Waals surface area contributed by atoms with Crippen molar-refractivity contribution in [3.8, 4) is 0 Å². The minimum atomic E-state index is -0.513. The Kier molecular flexibility index (Phi) is 4.50. The van der Waals surface area contributed by atoms with Crippen molar-refractivity contribution in [3.63, 3.8) is 0 Å². The molecule has 0 bridgehead atoms. The lowest BCUT2D eigenvalue weighted by Gasteiger charge is -2.20. The molecule has 1 atom stereocenters. The van der Waals surface area contributed by atoms with Gasteiger partial charge in [0.15, 0.2) is 0 Å². The summed E-state index contributed by atoms with van der Waals surface area (Å²) in [5, 5.41) is 3.27. The molecule has 1 N–H and O–H groups in total. The van der Waals surface area contributed by atoms with E-state index in [1.165, 1.54) is 0 Å². The van der Waals surface area contributed by atoms with Crippen molar-refractivity contribution >= 4 is 0 Å². The maximum absolute atomic E-state index is 14.1. The average Bonchev–Trinajstić information content (AvgIpc) is 2.40. The van der Waals surface area contributed by atoms with Crippen molar-refractivity contribution in [2.75, 3.05) is 6.54 Å². The van der Waals surface area contributed by atoms with Crippen LogP contribution in [0.25, 0.3) is 0 Å². The van der Waals surface area contributed by atoms with Gasteiger partial charge in [-0.2, -0.15) is 0 Å². The summed E-state index contributed by atoms with van der Waals surface area (Å²) in [4.78, 5) is 0. The Morgan fingerprint density at radius 1 is 1.05 bits per heavy atom. The van der Waals surface area contributed by atoms with E-state index in [1.54, 1.807) is 13.0 Å². The zero-order valence-electron chi connectivity index (χ0n) is 12.0. The van der Waals surface area contributed by atoms with Crippen molar-refractivity contribution in [2.24, 2.45) is 0 Å².